The Morgan fingerprint density at radius 3 is 2.81 bits per heavy atom. The third kappa shape index (κ3) is 3.87. The fourth-order valence-corrected chi connectivity index (χ4v) is 1.80. The van der Waals surface area contributed by atoms with Gasteiger partial charge in [-0.3, -0.25) is 0 Å². The Morgan fingerprint density at radius 1 is 1.50 bits per heavy atom. The van der Waals surface area contributed by atoms with Crippen LogP contribution in [0.2, 0.25) is 0 Å². The van der Waals surface area contributed by atoms with Gasteiger partial charge in [0.2, 0.25) is 0 Å². The normalized spacial score (nSPS) is 12.8. The maximum absolute atomic E-state index is 5.76. The molecular formula is C12H19BrN2O. The van der Waals surface area contributed by atoms with Gasteiger partial charge in [0.25, 0.3) is 0 Å². The lowest BCUT2D eigenvalue weighted by atomic mass is 10.0. The van der Waals surface area contributed by atoms with Crippen molar-refractivity contribution in [2.24, 2.45) is 5.73 Å². The van der Waals surface area contributed by atoms with E-state index in [4.69, 9.17) is 10.5 Å². The molecule has 3 N–H and O–H groups in total. The summed E-state index contributed by atoms with van der Waals surface area (Å²) >= 11 is 3.49. The molecule has 90 valence electrons. The van der Waals surface area contributed by atoms with E-state index < -0.39 is 0 Å². The zero-order chi connectivity index (χ0) is 12.0. The van der Waals surface area contributed by atoms with Gasteiger partial charge in [-0.2, -0.15) is 0 Å². The second kappa shape index (κ2) is 7.01. The number of nitrogens with one attached hydrogen (secondary N) is 1. The number of ether oxygens (including phenoxy) is 1. The number of halogens is 1. The minimum atomic E-state index is 0.196. The number of hydrogen-bond acceptors (Lipinski definition) is 3. The van der Waals surface area contributed by atoms with Crippen molar-refractivity contribution in [2.75, 3.05) is 26.8 Å². The number of methoxy groups -OCH3 is 1. The Balaban J connectivity index is 2.67. The second-order valence-corrected chi connectivity index (χ2v) is 4.60. The highest BCUT2D eigenvalue weighted by Gasteiger charge is 2.09. The molecule has 1 aromatic carbocycles. The third-order valence-corrected chi connectivity index (χ3v) is 3.41. The van der Waals surface area contributed by atoms with E-state index in [1.807, 2.05) is 0 Å². The van der Waals surface area contributed by atoms with Gasteiger partial charge in [-0.25, -0.2) is 0 Å². The summed E-state index contributed by atoms with van der Waals surface area (Å²) in [7, 11) is 1.70. The van der Waals surface area contributed by atoms with Crippen molar-refractivity contribution in [3.63, 3.8) is 0 Å². The molecule has 0 saturated heterocycles. The molecular weight excluding hydrogens is 268 g/mol. The van der Waals surface area contributed by atoms with Crippen molar-refractivity contribution < 1.29 is 4.74 Å². The van der Waals surface area contributed by atoms with E-state index in [-0.39, 0.29) is 6.04 Å². The highest BCUT2D eigenvalue weighted by Crippen LogP contribution is 2.20. The van der Waals surface area contributed by atoms with Crippen LogP contribution >= 0.6 is 15.9 Å². The minimum absolute atomic E-state index is 0.196. The first kappa shape index (κ1) is 13.6. The molecule has 0 fully saturated rings. The second-order valence-electron chi connectivity index (χ2n) is 3.74. The topological polar surface area (TPSA) is 47.3 Å². The molecule has 0 amide bonds. The van der Waals surface area contributed by atoms with Gasteiger partial charge in [-0.05, 0) is 24.1 Å². The van der Waals surface area contributed by atoms with E-state index >= 15 is 0 Å². The van der Waals surface area contributed by atoms with Crippen molar-refractivity contribution in [1.82, 2.24) is 5.32 Å². The molecule has 0 aliphatic carbocycles. The van der Waals surface area contributed by atoms with Crippen LogP contribution in [0.3, 0.4) is 0 Å². The maximum atomic E-state index is 5.76. The predicted molar refractivity (Wildman–Crippen MR) is 70.6 cm³/mol. The predicted octanol–water partition coefficient (Wildman–Crippen LogP) is 1.99. The zero-order valence-corrected chi connectivity index (χ0v) is 11.4. The first-order valence-electron chi connectivity index (χ1n) is 5.37. The summed E-state index contributed by atoms with van der Waals surface area (Å²) in [4.78, 5) is 0. The average molecular weight is 287 g/mol. The number of nitrogens with two attached hydrogens (primary N) is 1. The summed E-state index contributed by atoms with van der Waals surface area (Å²) in [5, 5.41) is 3.37. The number of rotatable bonds is 6. The fourth-order valence-electron chi connectivity index (χ4n) is 1.56. The van der Waals surface area contributed by atoms with E-state index in [9.17, 15) is 0 Å². The zero-order valence-electron chi connectivity index (χ0n) is 9.79. The molecule has 0 radical (unpaired) electrons. The largest absolute Gasteiger partial charge is 0.383 e. The van der Waals surface area contributed by atoms with Crippen LogP contribution in [-0.2, 0) is 4.74 Å². The Morgan fingerprint density at radius 2 is 2.25 bits per heavy atom. The first-order chi connectivity index (χ1) is 7.69. The molecule has 0 aromatic heterocycles. The quantitative estimate of drug-likeness (QED) is 0.787. The number of aryl methyl sites for hydroxylation is 1. The van der Waals surface area contributed by atoms with Gasteiger partial charge in [0, 0.05) is 30.7 Å². The first-order valence-corrected chi connectivity index (χ1v) is 6.16. The lowest BCUT2D eigenvalue weighted by Gasteiger charge is -2.18. The minimum Gasteiger partial charge on any atom is -0.383 e. The van der Waals surface area contributed by atoms with Gasteiger partial charge in [-0.15, -0.1) is 0 Å². The standard InChI is InChI=1S/C12H19BrN2O/c1-9-7-10(3-4-11(9)13)12(8-14)15-5-6-16-2/h3-4,7,12,15H,5-6,8,14H2,1-2H3. The fraction of sp³-hybridized carbons (Fsp3) is 0.500. The third-order valence-electron chi connectivity index (χ3n) is 2.52. The average Bonchev–Trinajstić information content (AvgIpc) is 2.29. The smallest absolute Gasteiger partial charge is 0.0587 e. The van der Waals surface area contributed by atoms with Crippen molar-refractivity contribution in [3.8, 4) is 0 Å². The molecule has 16 heavy (non-hydrogen) atoms. The Hall–Kier alpha value is -0.420. The summed E-state index contributed by atoms with van der Waals surface area (Å²) < 4.78 is 6.13. The van der Waals surface area contributed by atoms with Gasteiger partial charge in [-0.1, -0.05) is 28.1 Å². The van der Waals surface area contributed by atoms with Crippen LogP contribution < -0.4 is 11.1 Å². The highest BCUT2D eigenvalue weighted by atomic mass is 79.9. The molecule has 0 saturated carbocycles. The number of hydrogen-bond donors (Lipinski definition) is 2. The van der Waals surface area contributed by atoms with Crippen molar-refractivity contribution in [3.05, 3.63) is 33.8 Å². The van der Waals surface area contributed by atoms with Crippen molar-refractivity contribution in [2.45, 2.75) is 13.0 Å². The lowest BCUT2D eigenvalue weighted by Crippen LogP contribution is -2.30. The van der Waals surface area contributed by atoms with E-state index in [1.165, 1.54) is 11.1 Å². The van der Waals surface area contributed by atoms with Gasteiger partial charge in [0.1, 0.15) is 0 Å². The van der Waals surface area contributed by atoms with Crippen LogP contribution in [0.25, 0.3) is 0 Å². The Kier molecular flexibility index (Phi) is 5.98. The maximum Gasteiger partial charge on any atom is 0.0587 e. The lowest BCUT2D eigenvalue weighted by molar-refractivity contribution is 0.196. The van der Waals surface area contributed by atoms with Crippen LogP contribution in [0.5, 0.6) is 0 Å². The molecule has 1 atom stereocenters. The molecule has 0 spiro atoms. The Labute approximate surface area is 105 Å². The Bertz CT molecular complexity index is 331. The molecule has 0 aliphatic rings. The number of benzene rings is 1. The summed E-state index contributed by atoms with van der Waals surface area (Å²) in [6.07, 6.45) is 0. The van der Waals surface area contributed by atoms with Crippen LogP contribution in [0.1, 0.15) is 17.2 Å². The van der Waals surface area contributed by atoms with Crippen LogP contribution in [-0.4, -0.2) is 26.8 Å². The van der Waals surface area contributed by atoms with Crippen LogP contribution in [0.4, 0.5) is 0 Å². The van der Waals surface area contributed by atoms with E-state index in [2.05, 4.69) is 46.4 Å². The van der Waals surface area contributed by atoms with Crippen LogP contribution in [0, 0.1) is 6.92 Å². The van der Waals surface area contributed by atoms with Crippen LogP contribution in [0.15, 0.2) is 22.7 Å². The van der Waals surface area contributed by atoms with Gasteiger partial charge in [0.15, 0.2) is 0 Å². The SMILES string of the molecule is COCCNC(CN)c1ccc(Br)c(C)c1. The van der Waals surface area contributed by atoms with Gasteiger partial charge >= 0.3 is 0 Å². The summed E-state index contributed by atoms with van der Waals surface area (Å²) in [6, 6.07) is 6.50. The van der Waals surface area contributed by atoms with Crippen molar-refractivity contribution >= 4 is 15.9 Å². The molecule has 1 unspecified atom stereocenters. The summed E-state index contributed by atoms with van der Waals surface area (Å²) in [5.74, 6) is 0. The molecule has 3 nitrogen and oxygen atoms in total. The van der Waals surface area contributed by atoms with Crippen molar-refractivity contribution in [1.29, 1.82) is 0 Å². The monoisotopic (exact) mass is 286 g/mol. The molecule has 1 aromatic rings. The van der Waals surface area contributed by atoms with Gasteiger partial charge in [0.05, 0.1) is 6.61 Å². The summed E-state index contributed by atoms with van der Waals surface area (Å²) in [6.45, 7) is 4.18. The van der Waals surface area contributed by atoms with E-state index in [0.717, 1.165) is 11.0 Å². The van der Waals surface area contributed by atoms with E-state index in [0.29, 0.717) is 13.2 Å². The molecule has 0 aliphatic heterocycles. The molecule has 4 heteroatoms. The van der Waals surface area contributed by atoms with E-state index in [1.54, 1.807) is 7.11 Å². The highest BCUT2D eigenvalue weighted by molar-refractivity contribution is 9.10. The molecule has 0 heterocycles. The molecule has 1 rings (SSSR count). The summed E-state index contributed by atoms with van der Waals surface area (Å²) in [5.41, 5.74) is 8.21. The van der Waals surface area contributed by atoms with Gasteiger partial charge < -0.3 is 15.8 Å². The molecule has 0 bridgehead atoms.